The van der Waals surface area contributed by atoms with Crippen molar-refractivity contribution in [2.45, 2.75) is 45.2 Å². The SMILES string of the molecule is c1ccc(CCCC[n+]2ccc(-c3cc[n+](CCCc4ccccc4)cc3)cc2)cc1. The molecule has 0 aliphatic rings. The number of unbranched alkanes of at least 4 members (excludes halogenated alkanes) is 1. The molecule has 31 heavy (non-hydrogen) atoms. The average Bonchev–Trinajstić information content (AvgIpc) is 2.84. The zero-order valence-corrected chi connectivity index (χ0v) is 18.2. The highest BCUT2D eigenvalue weighted by molar-refractivity contribution is 5.60. The number of hydrogen-bond acceptors (Lipinski definition) is 0. The Balaban J connectivity index is 1.22. The molecule has 156 valence electrons. The minimum atomic E-state index is 1.05. The molecular formula is C29H32N2+2. The van der Waals surface area contributed by atoms with Crippen molar-refractivity contribution in [1.29, 1.82) is 0 Å². The average molecular weight is 409 g/mol. The van der Waals surface area contributed by atoms with Crippen molar-refractivity contribution in [2.24, 2.45) is 0 Å². The maximum atomic E-state index is 2.29. The molecule has 2 aromatic carbocycles. The third kappa shape index (κ3) is 6.62. The lowest BCUT2D eigenvalue weighted by atomic mass is 10.1. The summed E-state index contributed by atoms with van der Waals surface area (Å²) < 4.78 is 4.57. The Labute approximate surface area is 186 Å². The van der Waals surface area contributed by atoms with Gasteiger partial charge in [0.2, 0.25) is 0 Å². The molecule has 0 N–H and O–H groups in total. The first-order valence-corrected chi connectivity index (χ1v) is 11.4. The van der Waals surface area contributed by atoms with Crippen LogP contribution in [-0.2, 0) is 25.9 Å². The van der Waals surface area contributed by atoms with Crippen molar-refractivity contribution in [3.8, 4) is 11.1 Å². The van der Waals surface area contributed by atoms with Gasteiger partial charge in [0.15, 0.2) is 24.8 Å². The second kappa shape index (κ2) is 11.2. The van der Waals surface area contributed by atoms with Crippen LogP contribution in [0.3, 0.4) is 0 Å². The van der Waals surface area contributed by atoms with E-state index in [1.807, 2.05) is 0 Å². The molecule has 0 fully saturated rings. The predicted octanol–water partition coefficient (Wildman–Crippen LogP) is 5.58. The molecule has 4 aromatic rings. The lowest BCUT2D eigenvalue weighted by molar-refractivity contribution is -0.697. The van der Waals surface area contributed by atoms with Gasteiger partial charge in [-0.05, 0) is 41.5 Å². The van der Waals surface area contributed by atoms with Crippen molar-refractivity contribution in [2.75, 3.05) is 0 Å². The molecule has 0 aliphatic carbocycles. The monoisotopic (exact) mass is 408 g/mol. The third-order valence-electron chi connectivity index (χ3n) is 5.81. The summed E-state index contributed by atoms with van der Waals surface area (Å²) in [5.74, 6) is 0. The standard InChI is InChI=1S/C29H32N2/c1-3-10-26(11-4-1)14-7-8-20-30-22-16-28(17-23-30)29-18-24-31(25-19-29)21-9-15-27-12-5-2-6-13-27/h1-6,10-13,16-19,22-25H,7-9,14-15,20-21H2/q+2. The van der Waals surface area contributed by atoms with Crippen molar-refractivity contribution in [1.82, 2.24) is 0 Å². The minimum Gasteiger partial charge on any atom is -0.205 e. The minimum absolute atomic E-state index is 1.05. The van der Waals surface area contributed by atoms with Crippen LogP contribution < -0.4 is 9.13 Å². The number of aryl methyl sites for hydroxylation is 4. The molecule has 0 aliphatic heterocycles. The van der Waals surface area contributed by atoms with Gasteiger partial charge >= 0.3 is 0 Å². The van der Waals surface area contributed by atoms with Crippen LogP contribution >= 0.6 is 0 Å². The van der Waals surface area contributed by atoms with E-state index in [1.54, 1.807) is 0 Å². The van der Waals surface area contributed by atoms with E-state index < -0.39 is 0 Å². The third-order valence-corrected chi connectivity index (χ3v) is 5.81. The Morgan fingerprint density at radius 3 is 1.32 bits per heavy atom. The van der Waals surface area contributed by atoms with Gasteiger partial charge < -0.3 is 0 Å². The summed E-state index contributed by atoms with van der Waals surface area (Å²) >= 11 is 0. The number of benzene rings is 2. The number of nitrogens with zero attached hydrogens (tertiary/aromatic N) is 2. The normalized spacial score (nSPS) is 10.8. The van der Waals surface area contributed by atoms with Crippen molar-refractivity contribution >= 4 is 0 Å². The first-order chi connectivity index (χ1) is 15.4. The summed E-state index contributed by atoms with van der Waals surface area (Å²) in [5.41, 5.74) is 5.40. The molecule has 2 aromatic heterocycles. The fourth-order valence-electron chi connectivity index (χ4n) is 3.98. The number of pyridine rings is 2. The Bertz CT molecular complexity index is 1020. The van der Waals surface area contributed by atoms with Gasteiger partial charge in [-0.25, -0.2) is 9.13 Å². The van der Waals surface area contributed by atoms with Crippen LogP contribution in [0.25, 0.3) is 11.1 Å². The second-order valence-electron chi connectivity index (χ2n) is 8.18. The summed E-state index contributed by atoms with van der Waals surface area (Å²) in [6.45, 7) is 2.12. The summed E-state index contributed by atoms with van der Waals surface area (Å²) in [4.78, 5) is 0. The maximum absolute atomic E-state index is 2.29. The van der Waals surface area contributed by atoms with Gasteiger partial charge in [0.25, 0.3) is 0 Å². The van der Waals surface area contributed by atoms with Crippen molar-refractivity contribution < 1.29 is 9.13 Å². The highest BCUT2D eigenvalue weighted by atomic mass is 14.9. The Morgan fingerprint density at radius 2 is 0.839 bits per heavy atom. The Hall–Kier alpha value is -3.26. The molecule has 4 rings (SSSR count). The summed E-state index contributed by atoms with van der Waals surface area (Å²) in [6.07, 6.45) is 14.7. The van der Waals surface area contributed by atoms with Gasteiger partial charge in [0.05, 0.1) is 0 Å². The molecule has 0 radical (unpaired) electrons. The summed E-state index contributed by atoms with van der Waals surface area (Å²) in [6, 6.07) is 30.4. The fourth-order valence-corrected chi connectivity index (χ4v) is 3.98. The molecule has 0 atom stereocenters. The molecule has 0 unspecified atom stereocenters. The van der Waals surface area contributed by atoms with Gasteiger partial charge in [-0.3, -0.25) is 0 Å². The van der Waals surface area contributed by atoms with Gasteiger partial charge in [0, 0.05) is 37.1 Å². The molecular weight excluding hydrogens is 376 g/mol. The van der Waals surface area contributed by atoms with E-state index in [0.717, 1.165) is 32.4 Å². The van der Waals surface area contributed by atoms with Gasteiger partial charge in [0.1, 0.15) is 13.1 Å². The van der Waals surface area contributed by atoms with Crippen LogP contribution in [0.5, 0.6) is 0 Å². The van der Waals surface area contributed by atoms with E-state index >= 15 is 0 Å². The second-order valence-corrected chi connectivity index (χ2v) is 8.18. The zero-order chi connectivity index (χ0) is 21.1. The molecule has 2 nitrogen and oxygen atoms in total. The number of hydrogen-bond donors (Lipinski definition) is 0. The van der Waals surface area contributed by atoms with E-state index in [2.05, 4.69) is 119 Å². The molecule has 0 saturated carbocycles. The Morgan fingerprint density at radius 1 is 0.419 bits per heavy atom. The first-order valence-electron chi connectivity index (χ1n) is 11.4. The topological polar surface area (TPSA) is 7.76 Å². The molecule has 0 amide bonds. The predicted molar refractivity (Wildman–Crippen MR) is 126 cm³/mol. The van der Waals surface area contributed by atoms with Crippen molar-refractivity contribution in [3.05, 3.63) is 121 Å². The lowest BCUT2D eigenvalue weighted by Crippen LogP contribution is -2.33. The molecule has 2 heterocycles. The highest BCUT2D eigenvalue weighted by Crippen LogP contribution is 2.16. The summed E-state index contributed by atoms with van der Waals surface area (Å²) in [7, 11) is 0. The molecule has 2 heteroatoms. The van der Waals surface area contributed by atoms with Crippen LogP contribution in [0.2, 0.25) is 0 Å². The lowest BCUT2D eigenvalue weighted by Gasteiger charge is -2.03. The van der Waals surface area contributed by atoms with Crippen LogP contribution in [0.15, 0.2) is 110 Å². The largest absolute Gasteiger partial charge is 0.205 e. The molecule has 0 bridgehead atoms. The quantitative estimate of drug-likeness (QED) is 0.239. The maximum Gasteiger partial charge on any atom is 0.169 e. The van der Waals surface area contributed by atoms with Gasteiger partial charge in [-0.15, -0.1) is 0 Å². The van der Waals surface area contributed by atoms with Crippen LogP contribution in [-0.4, -0.2) is 0 Å². The highest BCUT2D eigenvalue weighted by Gasteiger charge is 2.06. The summed E-state index contributed by atoms with van der Waals surface area (Å²) in [5, 5.41) is 0. The van der Waals surface area contributed by atoms with Gasteiger partial charge in [-0.1, -0.05) is 60.7 Å². The smallest absolute Gasteiger partial charge is 0.169 e. The van der Waals surface area contributed by atoms with E-state index in [-0.39, 0.29) is 0 Å². The zero-order valence-electron chi connectivity index (χ0n) is 18.2. The van der Waals surface area contributed by atoms with Crippen LogP contribution in [0.1, 0.15) is 30.4 Å². The Kier molecular flexibility index (Phi) is 7.60. The first kappa shape index (κ1) is 21.0. The number of aromatic nitrogens is 2. The van der Waals surface area contributed by atoms with Crippen LogP contribution in [0.4, 0.5) is 0 Å². The van der Waals surface area contributed by atoms with Crippen LogP contribution in [0, 0.1) is 0 Å². The van der Waals surface area contributed by atoms with E-state index in [1.165, 1.54) is 35.1 Å². The van der Waals surface area contributed by atoms with E-state index in [0.29, 0.717) is 0 Å². The van der Waals surface area contributed by atoms with Crippen molar-refractivity contribution in [3.63, 3.8) is 0 Å². The molecule has 0 spiro atoms. The molecule has 0 saturated heterocycles. The van der Waals surface area contributed by atoms with E-state index in [9.17, 15) is 0 Å². The fraction of sp³-hybridized carbons (Fsp3) is 0.241. The van der Waals surface area contributed by atoms with E-state index in [4.69, 9.17) is 0 Å². The van der Waals surface area contributed by atoms with Gasteiger partial charge in [-0.2, -0.15) is 0 Å². The number of rotatable bonds is 10.